The molecule has 0 atom stereocenters. The van der Waals surface area contributed by atoms with E-state index in [1.807, 2.05) is 7.05 Å². The summed E-state index contributed by atoms with van der Waals surface area (Å²) >= 11 is 0. The number of halogens is 3. The Kier molecular flexibility index (Phi) is 4.48. The first-order valence-electron chi connectivity index (χ1n) is 9.97. The van der Waals surface area contributed by atoms with Crippen molar-refractivity contribution in [1.29, 1.82) is 0 Å². The average Bonchev–Trinajstić information content (AvgIpc) is 3.50. The number of nitrogens with zero attached hydrogens (tertiary/aromatic N) is 8. The normalized spacial score (nSPS) is 18.2. The third kappa shape index (κ3) is 3.41. The molecule has 3 aromatic heterocycles. The Bertz CT molecular complexity index is 1050. The SMILES string of the molecule is Cn1ncc2c(N3CCC(N(c4cc(C(F)(F)F)ncn4)C4CC4)CC3)ncnc21. The number of rotatable bonds is 4. The van der Waals surface area contributed by atoms with E-state index >= 15 is 0 Å². The lowest BCUT2D eigenvalue weighted by Crippen LogP contribution is -2.46. The smallest absolute Gasteiger partial charge is 0.356 e. The largest absolute Gasteiger partial charge is 0.433 e. The van der Waals surface area contributed by atoms with Crippen LogP contribution in [0.4, 0.5) is 24.8 Å². The monoisotopic (exact) mass is 418 g/mol. The predicted octanol–water partition coefficient (Wildman–Crippen LogP) is 2.81. The van der Waals surface area contributed by atoms with Crippen LogP contribution in [0.1, 0.15) is 31.4 Å². The van der Waals surface area contributed by atoms with Crippen LogP contribution in [-0.2, 0) is 13.2 Å². The second-order valence-corrected chi connectivity index (χ2v) is 7.82. The lowest BCUT2D eigenvalue weighted by Gasteiger charge is -2.40. The zero-order chi connectivity index (χ0) is 20.9. The van der Waals surface area contributed by atoms with Crippen LogP contribution < -0.4 is 9.80 Å². The third-order valence-electron chi connectivity index (χ3n) is 5.81. The first-order chi connectivity index (χ1) is 14.4. The van der Waals surface area contributed by atoms with Crippen molar-refractivity contribution in [1.82, 2.24) is 29.7 Å². The molecule has 158 valence electrons. The summed E-state index contributed by atoms with van der Waals surface area (Å²) in [5.41, 5.74) is -0.113. The fourth-order valence-corrected chi connectivity index (χ4v) is 4.23. The molecule has 11 heteroatoms. The Balaban J connectivity index is 1.36. The Morgan fingerprint density at radius 3 is 2.37 bits per heavy atom. The molecule has 30 heavy (non-hydrogen) atoms. The highest BCUT2D eigenvalue weighted by molar-refractivity contribution is 5.86. The zero-order valence-electron chi connectivity index (χ0n) is 16.4. The van der Waals surface area contributed by atoms with Crippen molar-refractivity contribution >= 4 is 22.7 Å². The summed E-state index contributed by atoms with van der Waals surface area (Å²) in [6.07, 6.45) is 3.44. The van der Waals surface area contributed by atoms with Gasteiger partial charge in [-0.2, -0.15) is 18.3 Å². The van der Waals surface area contributed by atoms with Gasteiger partial charge in [-0.05, 0) is 25.7 Å². The Morgan fingerprint density at radius 1 is 0.967 bits per heavy atom. The van der Waals surface area contributed by atoms with Crippen LogP contribution >= 0.6 is 0 Å². The van der Waals surface area contributed by atoms with E-state index in [0.29, 0.717) is 5.82 Å². The molecule has 1 saturated heterocycles. The maximum Gasteiger partial charge on any atom is 0.433 e. The van der Waals surface area contributed by atoms with Crippen LogP contribution in [0.25, 0.3) is 11.0 Å². The molecule has 0 unspecified atom stereocenters. The molecule has 0 spiro atoms. The summed E-state index contributed by atoms with van der Waals surface area (Å²) in [5.74, 6) is 1.22. The molecule has 0 amide bonds. The summed E-state index contributed by atoms with van der Waals surface area (Å²) in [5, 5.41) is 5.17. The van der Waals surface area contributed by atoms with Crippen molar-refractivity contribution < 1.29 is 13.2 Å². The fraction of sp³-hybridized carbons (Fsp3) is 0.526. The summed E-state index contributed by atoms with van der Waals surface area (Å²) in [7, 11) is 1.84. The second-order valence-electron chi connectivity index (χ2n) is 7.82. The van der Waals surface area contributed by atoms with Gasteiger partial charge < -0.3 is 9.80 Å². The predicted molar refractivity (Wildman–Crippen MR) is 104 cm³/mol. The van der Waals surface area contributed by atoms with Gasteiger partial charge in [0, 0.05) is 38.3 Å². The molecule has 1 saturated carbocycles. The highest BCUT2D eigenvalue weighted by Gasteiger charge is 2.39. The zero-order valence-corrected chi connectivity index (χ0v) is 16.4. The maximum absolute atomic E-state index is 13.1. The van der Waals surface area contributed by atoms with Crippen molar-refractivity contribution in [3.8, 4) is 0 Å². The highest BCUT2D eigenvalue weighted by atomic mass is 19.4. The van der Waals surface area contributed by atoms with Crippen molar-refractivity contribution in [2.45, 2.75) is 43.9 Å². The molecule has 0 radical (unpaired) electrons. The van der Waals surface area contributed by atoms with E-state index in [4.69, 9.17) is 0 Å². The first kappa shape index (κ1) is 19.0. The number of aromatic nitrogens is 6. The van der Waals surface area contributed by atoms with Crippen LogP contribution in [0.3, 0.4) is 0 Å². The molecular formula is C19H21F3N8. The number of alkyl halides is 3. The van der Waals surface area contributed by atoms with Gasteiger partial charge in [0.05, 0.1) is 11.6 Å². The van der Waals surface area contributed by atoms with Crippen molar-refractivity contribution in [3.05, 3.63) is 30.6 Å². The topological polar surface area (TPSA) is 75.9 Å². The van der Waals surface area contributed by atoms with Crippen LogP contribution in [-0.4, -0.2) is 54.9 Å². The number of fused-ring (bicyclic) bond motifs is 1. The van der Waals surface area contributed by atoms with Gasteiger partial charge in [0.2, 0.25) is 0 Å². The second kappa shape index (κ2) is 7.06. The van der Waals surface area contributed by atoms with E-state index in [1.54, 1.807) is 17.2 Å². The van der Waals surface area contributed by atoms with E-state index < -0.39 is 11.9 Å². The van der Waals surface area contributed by atoms with Gasteiger partial charge in [0.15, 0.2) is 5.65 Å². The Labute approximate surface area is 170 Å². The minimum absolute atomic E-state index is 0.135. The van der Waals surface area contributed by atoms with Crippen LogP contribution in [0.5, 0.6) is 0 Å². The number of hydrogen-bond acceptors (Lipinski definition) is 7. The highest BCUT2D eigenvalue weighted by Crippen LogP contribution is 2.38. The van der Waals surface area contributed by atoms with Crippen molar-refractivity contribution in [2.75, 3.05) is 22.9 Å². The molecule has 0 N–H and O–H groups in total. The van der Waals surface area contributed by atoms with Crippen LogP contribution in [0, 0.1) is 0 Å². The summed E-state index contributed by atoms with van der Waals surface area (Å²) in [4.78, 5) is 20.6. The maximum atomic E-state index is 13.1. The van der Waals surface area contributed by atoms with Crippen LogP contribution in [0.2, 0.25) is 0 Å². The number of piperidine rings is 1. The molecular weight excluding hydrogens is 397 g/mol. The number of hydrogen-bond donors (Lipinski definition) is 0. The first-order valence-corrected chi connectivity index (χ1v) is 9.97. The minimum atomic E-state index is -4.47. The molecule has 3 aromatic rings. The molecule has 2 aliphatic rings. The molecule has 4 heterocycles. The molecule has 0 aromatic carbocycles. The van der Waals surface area contributed by atoms with Gasteiger partial charge in [0.25, 0.3) is 0 Å². The van der Waals surface area contributed by atoms with Gasteiger partial charge >= 0.3 is 6.18 Å². The average molecular weight is 418 g/mol. The van der Waals surface area contributed by atoms with Gasteiger partial charge in [-0.1, -0.05) is 0 Å². The van der Waals surface area contributed by atoms with E-state index in [9.17, 15) is 13.2 Å². The van der Waals surface area contributed by atoms with E-state index in [2.05, 4.69) is 34.8 Å². The molecule has 8 nitrogen and oxygen atoms in total. The number of anilines is 2. The Hall–Kier alpha value is -2.98. The van der Waals surface area contributed by atoms with E-state index in [1.165, 1.54) is 0 Å². The van der Waals surface area contributed by atoms with Gasteiger partial charge in [-0.25, -0.2) is 19.9 Å². The van der Waals surface area contributed by atoms with Crippen LogP contribution in [0.15, 0.2) is 24.9 Å². The third-order valence-corrected chi connectivity index (χ3v) is 5.81. The lowest BCUT2D eigenvalue weighted by atomic mass is 10.0. The quantitative estimate of drug-likeness (QED) is 0.645. The van der Waals surface area contributed by atoms with E-state index in [-0.39, 0.29) is 12.1 Å². The minimum Gasteiger partial charge on any atom is -0.356 e. The standard InChI is InChI=1S/C19H21F3N8/c1-28-17-14(9-27-28)18(26-11-25-17)29-6-4-13(5-7-29)30(12-2-3-12)16-8-15(19(20,21)22)23-10-24-16/h8-13H,2-7H2,1H3. The Morgan fingerprint density at radius 2 is 1.67 bits per heavy atom. The lowest BCUT2D eigenvalue weighted by molar-refractivity contribution is -0.141. The molecule has 0 bridgehead atoms. The summed E-state index contributed by atoms with van der Waals surface area (Å²) in [6, 6.07) is 1.46. The number of aryl methyl sites for hydroxylation is 1. The van der Waals surface area contributed by atoms with Crippen molar-refractivity contribution in [2.24, 2.45) is 7.05 Å². The molecule has 5 rings (SSSR count). The molecule has 1 aliphatic carbocycles. The summed E-state index contributed by atoms with van der Waals surface area (Å²) in [6.45, 7) is 1.51. The fourth-order valence-electron chi connectivity index (χ4n) is 4.23. The molecule has 2 fully saturated rings. The summed E-state index contributed by atoms with van der Waals surface area (Å²) < 4.78 is 41.1. The van der Waals surface area contributed by atoms with Crippen molar-refractivity contribution in [3.63, 3.8) is 0 Å². The van der Waals surface area contributed by atoms with Gasteiger partial charge in [-0.3, -0.25) is 4.68 Å². The molecule has 1 aliphatic heterocycles. The van der Waals surface area contributed by atoms with E-state index in [0.717, 1.165) is 68.0 Å². The van der Waals surface area contributed by atoms with Gasteiger partial charge in [-0.15, -0.1) is 0 Å². The van der Waals surface area contributed by atoms with Gasteiger partial charge in [0.1, 0.15) is 30.0 Å².